The Hall–Kier alpha value is -2.46. The molecule has 106 valence electrons. The second kappa shape index (κ2) is 5.39. The molecule has 0 aliphatic heterocycles. The number of halogens is 1. The van der Waals surface area contributed by atoms with Crippen molar-refractivity contribution < 1.29 is 0 Å². The van der Waals surface area contributed by atoms with Gasteiger partial charge in [0.25, 0.3) is 0 Å². The number of nitrogens with zero attached hydrogens (tertiary/aromatic N) is 2. The van der Waals surface area contributed by atoms with Crippen molar-refractivity contribution in [3.8, 4) is 22.5 Å². The lowest BCUT2D eigenvalue weighted by Gasteiger charge is -2.05. The lowest BCUT2D eigenvalue weighted by Crippen LogP contribution is -1.85. The first-order valence-corrected chi connectivity index (χ1v) is 7.75. The maximum Gasteiger partial charge on any atom is 0.0961 e. The van der Waals surface area contributed by atoms with Crippen molar-refractivity contribution in [2.24, 2.45) is 0 Å². The molecule has 4 rings (SSSR count). The van der Waals surface area contributed by atoms with Gasteiger partial charge in [0.1, 0.15) is 0 Å². The normalized spacial score (nSPS) is 11.0. The summed E-state index contributed by atoms with van der Waals surface area (Å²) in [6, 6.07) is 18.5. The monoisotopic (exact) mass is 349 g/mol. The van der Waals surface area contributed by atoms with E-state index in [-0.39, 0.29) is 0 Å². The largest absolute Gasteiger partial charge is 0.344 e. The van der Waals surface area contributed by atoms with Crippen molar-refractivity contribution in [3.05, 3.63) is 71.6 Å². The van der Waals surface area contributed by atoms with Gasteiger partial charge in [0.05, 0.1) is 23.2 Å². The van der Waals surface area contributed by atoms with Gasteiger partial charge in [-0.3, -0.25) is 4.98 Å². The van der Waals surface area contributed by atoms with Crippen LogP contribution in [0.4, 0.5) is 0 Å². The summed E-state index contributed by atoms with van der Waals surface area (Å²) in [4.78, 5) is 12.2. The SMILES string of the molecule is Brc1cnc2ccc(-c3nc[nH]c3-c3ccccc3)cc2c1. The zero-order chi connectivity index (χ0) is 14.9. The standard InChI is InChI=1S/C18H12BrN3/c19-15-9-14-8-13(6-7-16(14)20-10-15)18-17(21-11-22-18)12-4-2-1-3-5-12/h1-11H,(H,21,22). The Morgan fingerprint density at radius 3 is 2.59 bits per heavy atom. The molecule has 4 aromatic rings. The number of nitrogens with one attached hydrogen (secondary N) is 1. The minimum Gasteiger partial charge on any atom is -0.344 e. The molecule has 3 nitrogen and oxygen atoms in total. The number of rotatable bonds is 2. The average molecular weight is 350 g/mol. The third kappa shape index (κ3) is 2.31. The summed E-state index contributed by atoms with van der Waals surface area (Å²) in [7, 11) is 0. The summed E-state index contributed by atoms with van der Waals surface area (Å²) >= 11 is 3.47. The molecule has 1 N–H and O–H groups in total. The lowest BCUT2D eigenvalue weighted by molar-refractivity contribution is 1.31. The fourth-order valence-electron chi connectivity index (χ4n) is 2.59. The molecular formula is C18H12BrN3. The van der Waals surface area contributed by atoms with Crippen LogP contribution in [-0.4, -0.2) is 15.0 Å². The zero-order valence-corrected chi connectivity index (χ0v) is 13.2. The van der Waals surface area contributed by atoms with Gasteiger partial charge in [-0.05, 0) is 34.1 Å². The van der Waals surface area contributed by atoms with Crippen molar-refractivity contribution in [2.45, 2.75) is 0 Å². The summed E-state index contributed by atoms with van der Waals surface area (Å²) in [6.07, 6.45) is 3.55. The molecule has 2 aromatic heterocycles. The maximum atomic E-state index is 4.50. The van der Waals surface area contributed by atoms with Crippen LogP contribution in [0.15, 0.2) is 71.6 Å². The second-order valence-corrected chi connectivity index (χ2v) is 5.97. The van der Waals surface area contributed by atoms with Gasteiger partial charge in [-0.25, -0.2) is 4.98 Å². The molecule has 0 bridgehead atoms. The molecule has 0 aliphatic carbocycles. The van der Waals surface area contributed by atoms with E-state index in [0.29, 0.717) is 0 Å². The third-order valence-corrected chi connectivity index (χ3v) is 4.06. The predicted molar refractivity (Wildman–Crippen MR) is 92.5 cm³/mol. The first-order chi connectivity index (χ1) is 10.8. The van der Waals surface area contributed by atoms with Crippen LogP contribution in [0.25, 0.3) is 33.4 Å². The maximum absolute atomic E-state index is 4.50. The Balaban J connectivity index is 1.88. The van der Waals surface area contributed by atoms with Crippen molar-refractivity contribution >= 4 is 26.8 Å². The molecule has 2 aromatic carbocycles. The van der Waals surface area contributed by atoms with E-state index in [1.54, 1.807) is 6.33 Å². The number of aromatic nitrogens is 3. The molecule has 22 heavy (non-hydrogen) atoms. The van der Waals surface area contributed by atoms with Crippen molar-refractivity contribution in [3.63, 3.8) is 0 Å². The van der Waals surface area contributed by atoms with Crippen LogP contribution in [0.1, 0.15) is 0 Å². The predicted octanol–water partition coefficient (Wildman–Crippen LogP) is 5.05. The quantitative estimate of drug-likeness (QED) is 0.549. The molecule has 0 aliphatic rings. The molecule has 4 heteroatoms. The summed E-state index contributed by atoms with van der Waals surface area (Å²) in [5, 5.41) is 1.09. The summed E-state index contributed by atoms with van der Waals surface area (Å²) < 4.78 is 0.975. The van der Waals surface area contributed by atoms with E-state index in [0.717, 1.165) is 37.9 Å². The molecule has 0 fully saturated rings. The first-order valence-electron chi connectivity index (χ1n) is 6.96. The molecule has 0 atom stereocenters. The molecule has 0 saturated carbocycles. The zero-order valence-electron chi connectivity index (χ0n) is 11.6. The second-order valence-electron chi connectivity index (χ2n) is 5.05. The van der Waals surface area contributed by atoms with Gasteiger partial charge in [-0.1, -0.05) is 36.4 Å². The number of fused-ring (bicyclic) bond motifs is 1. The van der Waals surface area contributed by atoms with E-state index in [9.17, 15) is 0 Å². The number of hydrogen-bond acceptors (Lipinski definition) is 2. The van der Waals surface area contributed by atoms with E-state index in [4.69, 9.17) is 0 Å². The van der Waals surface area contributed by atoms with Gasteiger partial charge in [0.2, 0.25) is 0 Å². The topological polar surface area (TPSA) is 41.6 Å². The lowest BCUT2D eigenvalue weighted by atomic mass is 10.0. The fourth-order valence-corrected chi connectivity index (χ4v) is 2.94. The molecule has 2 heterocycles. The fraction of sp³-hybridized carbons (Fsp3) is 0. The van der Waals surface area contributed by atoms with Gasteiger partial charge in [0, 0.05) is 27.2 Å². The number of imidazole rings is 1. The molecule has 0 unspecified atom stereocenters. The highest BCUT2D eigenvalue weighted by Gasteiger charge is 2.11. The van der Waals surface area contributed by atoms with Crippen molar-refractivity contribution in [2.75, 3.05) is 0 Å². The van der Waals surface area contributed by atoms with Gasteiger partial charge < -0.3 is 4.98 Å². The molecule has 0 spiro atoms. The molecule has 0 saturated heterocycles. The Morgan fingerprint density at radius 1 is 0.864 bits per heavy atom. The summed E-state index contributed by atoms with van der Waals surface area (Å²) in [5.74, 6) is 0. The van der Waals surface area contributed by atoms with Crippen molar-refractivity contribution in [1.82, 2.24) is 15.0 Å². The van der Waals surface area contributed by atoms with Crippen LogP contribution < -0.4 is 0 Å². The Morgan fingerprint density at radius 2 is 1.73 bits per heavy atom. The first kappa shape index (κ1) is 13.2. The van der Waals surface area contributed by atoms with Crippen LogP contribution in [0, 0.1) is 0 Å². The van der Waals surface area contributed by atoms with Crippen LogP contribution in [0.3, 0.4) is 0 Å². The Kier molecular flexibility index (Phi) is 3.24. The number of benzene rings is 2. The summed E-state index contributed by atoms with van der Waals surface area (Å²) in [6.45, 7) is 0. The minimum atomic E-state index is 0.952. The molecular weight excluding hydrogens is 338 g/mol. The van der Waals surface area contributed by atoms with Gasteiger partial charge in [-0.2, -0.15) is 0 Å². The van der Waals surface area contributed by atoms with Crippen LogP contribution in [0.2, 0.25) is 0 Å². The Labute approximate surface area is 136 Å². The highest BCUT2D eigenvalue weighted by Crippen LogP contribution is 2.30. The van der Waals surface area contributed by atoms with E-state index >= 15 is 0 Å². The van der Waals surface area contributed by atoms with E-state index in [1.807, 2.05) is 30.5 Å². The van der Waals surface area contributed by atoms with Crippen LogP contribution in [-0.2, 0) is 0 Å². The van der Waals surface area contributed by atoms with Gasteiger partial charge >= 0.3 is 0 Å². The molecule has 0 radical (unpaired) electrons. The smallest absolute Gasteiger partial charge is 0.0961 e. The summed E-state index contributed by atoms with van der Waals surface area (Å²) in [5.41, 5.74) is 5.16. The average Bonchev–Trinajstić information content (AvgIpc) is 3.04. The van der Waals surface area contributed by atoms with Gasteiger partial charge in [-0.15, -0.1) is 0 Å². The highest BCUT2D eigenvalue weighted by atomic mass is 79.9. The van der Waals surface area contributed by atoms with E-state index in [2.05, 4.69) is 61.2 Å². The van der Waals surface area contributed by atoms with E-state index < -0.39 is 0 Å². The van der Waals surface area contributed by atoms with Crippen LogP contribution >= 0.6 is 15.9 Å². The Bertz CT molecular complexity index is 945. The number of hydrogen-bond donors (Lipinski definition) is 1. The van der Waals surface area contributed by atoms with Crippen LogP contribution in [0.5, 0.6) is 0 Å². The number of H-pyrrole nitrogens is 1. The van der Waals surface area contributed by atoms with Crippen molar-refractivity contribution in [1.29, 1.82) is 0 Å². The van der Waals surface area contributed by atoms with E-state index in [1.165, 1.54) is 0 Å². The minimum absolute atomic E-state index is 0.952. The molecule has 0 amide bonds. The van der Waals surface area contributed by atoms with Gasteiger partial charge in [0.15, 0.2) is 0 Å². The third-order valence-electron chi connectivity index (χ3n) is 3.62. The number of pyridine rings is 1. The highest BCUT2D eigenvalue weighted by molar-refractivity contribution is 9.10. The number of aromatic amines is 1.